The molecule has 0 radical (unpaired) electrons. The molecule has 2 aromatic carbocycles. The number of ketones is 1. The summed E-state index contributed by atoms with van der Waals surface area (Å²) in [5.41, 5.74) is 3.87. The molecular formula is C21H20N2O2. The summed E-state index contributed by atoms with van der Waals surface area (Å²) in [7, 11) is 1.65. The van der Waals surface area contributed by atoms with E-state index in [1.165, 1.54) is 0 Å². The van der Waals surface area contributed by atoms with Gasteiger partial charge < -0.3 is 4.74 Å². The Labute approximate surface area is 147 Å². The van der Waals surface area contributed by atoms with Crippen LogP contribution >= 0.6 is 0 Å². The first-order chi connectivity index (χ1) is 11.9. The molecule has 0 saturated carbocycles. The Morgan fingerprint density at radius 3 is 2.60 bits per heavy atom. The molecule has 0 atom stereocenters. The molecule has 0 amide bonds. The van der Waals surface area contributed by atoms with E-state index in [9.17, 15) is 4.79 Å². The first-order valence-electron chi connectivity index (χ1n) is 8.21. The zero-order chi connectivity index (χ0) is 18.0. The molecule has 4 heteroatoms. The Balaban J connectivity index is 1.91. The number of hydrogen-bond donors (Lipinski definition) is 0. The number of aliphatic imine (C=N–C) groups is 1. The van der Waals surface area contributed by atoms with Gasteiger partial charge in [0, 0.05) is 5.56 Å². The minimum absolute atomic E-state index is 0.00251. The van der Waals surface area contributed by atoms with Gasteiger partial charge in [-0.3, -0.25) is 9.79 Å². The lowest BCUT2D eigenvalue weighted by atomic mass is 9.85. The average molecular weight is 332 g/mol. The molecule has 25 heavy (non-hydrogen) atoms. The van der Waals surface area contributed by atoms with E-state index < -0.39 is 0 Å². The number of carbonyl (C=O) groups excluding carboxylic acids is 1. The minimum Gasteiger partial charge on any atom is -0.497 e. The van der Waals surface area contributed by atoms with Gasteiger partial charge in [0.15, 0.2) is 5.78 Å². The van der Waals surface area contributed by atoms with Crippen molar-refractivity contribution in [3.05, 3.63) is 64.7 Å². The van der Waals surface area contributed by atoms with Gasteiger partial charge in [0.1, 0.15) is 5.75 Å². The van der Waals surface area contributed by atoms with Crippen LogP contribution < -0.4 is 4.74 Å². The zero-order valence-corrected chi connectivity index (χ0v) is 14.7. The van der Waals surface area contributed by atoms with Crippen molar-refractivity contribution in [1.82, 2.24) is 0 Å². The molecule has 0 saturated heterocycles. The van der Waals surface area contributed by atoms with E-state index in [2.05, 4.69) is 19.9 Å². The fourth-order valence-electron chi connectivity index (χ4n) is 3.18. The number of carbonyl (C=O) groups is 1. The van der Waals surface area contributed by atoms with Crippen LogP contribution in [0.3, 0.4) is 0 Å². The summed E-state index contributed by atoms with van der Waals surface area (Å²) in [4.78, 5) is 17.5. The first-order valence-corrected chi connectivity index (χ1v) is 8.21. The molecule has 0 spiro atoms. The van der Waals surface area contributed by atoms with Crippen molar-refractivity contribution in [3.8, 4) is 11.8 Å². The van der Waals surface area contributed by atoms with Crippen molar-refractivity contribution >= 4 is 11.5 Å². The lowest BCUT2D eigenvalue weighted by Gasteiger charge is -2.29. The number of rotatable bonds is 4. The Morgan fingerprint density at radius 1 is 1.24 bits per heavy atom. The molecule has 0 aromatic heterocycles. The van der Waals surface area contributed by atoms with Crippen molar-refractivity contribution < 1.29 is 9.53 Å². The summed E-state index contributed by atoms with van der Waals surface area (Å²) >= 11 is 0. The van der Waals surface area contributed by atoms with Crippen LogP contribution in [0, 0.1) is 11.3 Å². The van der Waals surface area contributed by atoms with E-state index in [-0.39, 0.29) is 17.7 Å². The van der Waals surface area contributed by atoms with E-state index in [1.807, 2.05) is 18.2 Å². The molecule has 0 bridgehead atoms. The largest absolute Gasteiger partial charge is 0.497 e. The Bertz CT molecular complexity index is 887. The number of methoxy groups -OCH3 is 1. The van der Waals surface area contributed by atoms with Crippen molar-refractivity contribution in [1.29, 1.82) is 5.26 Å². The summed E-state index contributed by atoms with van der Waals surface area (Å²) in [6.45, 7) is 4.14. The van der Waals surface area contributed by atoms with Crippen LogP contribution in [0.25, 0.3) is 0 Å². The van der Waals surface area contributed by atoms with E-state index in [0.717, 1.165) is 29.0 Å². The van der Waals surface area contributed by atoms with Gasteiger partial charge >= 0.3 is 0 Å². The Morgan fingerprint density at radius 2 is 1.96 bits per heavy atom. The molecule has 1 aliphatic rings. The highest BCUT2D eigenvalue weighted by Crippen LogP contribution is 2.31. The standard InChI is InChI=1S/C21H20N2O2/c1-21(2)12-16-10-17(25-3)8-9-18(16)19(23-21)11-20(24)15-6-4-14(13-22)5-7-15/h4-10H,11-12H2,1-3H3. The van der Waals surface area contributed by atoms with Gasteiger partial charge in [-0.2, -0.15) is 5.26 Å². The van der Waals surface area contributed by atoms with Gasteiger partial charge in [0.25, 0.3) is 0 Å². The normalized spacial score (nSPS) is 14.9. The third-order valence-electron chi connectivity index (χ3n) is 4.35. The molecule has 0 N–H and O–H groups in total. The maximum atomic E-state index is 12.7. The maximum absolute atomic E-state index is 12.7. The maximum Gasteiger partial charge on any atom is 0.168 e. The topological polar surface area (TPSA) is 62.4 Å². The van der Waals surface area contributed by atoms with Gasteiger partial charge in [-0.25, -0.2) is 0 Å². The second-order valence-corrected chi connectivity index (χ2v) is 6.86. The van der Waals surface area contributed by atoms with E-state index in [0.29, 0.717) is 11.1 Å². The second kappa shape index (κ2) is 6.52. The van der Waals surface area contributed by atoms with E-state index in [1.54, 1.807) is 31.4 Å². The number of nitrogens with zero attached hydrogens (tertiary/aromatic N) is 2. The second-order valence-electron chi connectivity index (χ2n) is 6.86. The van der Waals surface area contributed by atoms with Crippen LogP contribution in [0.1, 0.15) is 47.3 Å². The van der Waals surface area contributed by atoms with E-state index in [4.69, 9.17) is 15.0 Å². The number of Topliss-reactive ketones (excluding diaryl/α,β-unsaturated/α-hetero) is 1. The molecule has 126 valence electrons. The smallest absolute Gasteiger partial charge is 0.168 e. The van der Waals surface area contributed by atoms with Gasteiger partial charge in [-0.05, 0) is 61.7 Å². The molecule has 0 aliphatic carbocycles. The first kappa shape index (κ1) is 16.9. The third kappa shape index (κ3) is 3.61. The highest BCUT2D eigenvalue weighted by molar-refractivity contribution is 6.16. The third-order valence-corrected chi connectivity index (χ3v) is 4.35. The molecule has 1 heterocycles. The quantitative estimate of drug-likeness (QED) is 0.796. The number of benzene rings is 2. The minimum atomic E-state index is -0.250. The number of nitriles is 1. The lowest BCUT2D eigenvalue weighted by molar-refractivity contribution is 0.100. The number of fused-ring (bicyclic) bond motifs is 1. The van der Waals surface area contributed by atoms with Crippen LogP contribution in [0.2, 0.25) is 0 Å². The van der Waals surface area contributed by atoms with E-state index >= 15 is 0 Å². The molecule has 3 rings (SSSR count). The van der Waals surface area contributed by atoms with Crippen LogP contribution in [0.5, 0.6) is 5.75 Å². The van der Waals surface area contributed by atoms with Crippen LogP contribution in [0.4, 0.5) is 0 Å². The molecule has 4 nitrogen and oxygen atoms in total. The molecule has 0 unspecified atom stereocenters. The summed E-state index contributed by atoms with van der Waals surface area (Å²) in [6.07, 6.45) is 1.06. The summed E-state index contributed by atoms with van der Waals surface area (Å²) < 4.78 is 5.32. The number of hydrogen-bond acceptors (Lipinski definition) is 4. The number of ether oxygens (including phenoxy) is 1. The van der Waals surface area contributed by atoms with Crippen molar-refractivity contribution in [2.75, 3.05) is 7.11 Å². The van der Waals surface area contributed by atoms with Crippen LogP contribution in [-0.4, -0.2) is 24.1 Å². The monoisotopic (exact) mass is 332 g/mol. The summed E-state index contributed by atoms with van der Waals surface area (Å²) in [5.74, 6) is 0.817. The zero-order valence-electron chi connectivity index (χ0n) is 14.7. The summed E-state index contributed by atoms with van der Waals surface area (Å²) in [5, 5.41) is 8.87. The highest BCUT2D eigenvalue weighted by atomic mass is 16.5. The SMILES string of the molecule is COc1ccc2c(c1)CC(C)(C)N=C2CC(=O)c1ccc(C#N)cc1. The molecule has 0 fully saturated rings. The lowest BCUT2D eigenvalue weighted by Crippen LogP contribution is -2.30. The molecule has 1 aliphatic heterocycles. The Kier molecular flexibility index (Phi) is 4.41. The van der Waals surface area contributed by atoms with Crippen molar-refractivity contribution in [2.45, 2.75) is 32.2 Å². The van der Waals surface area contributed by atoms with Crippen molar-refractivity contribution in [3.63, 3.8) is 0 Å². The van der Waals surface area contributed by atoms with Gasteiger partial charge in [-0.1, -0.05) is 12.1 Å². The predicted molar refractivity (Wildman–Crippen MR) is 97.4 cm³/mol. The van der Waals surface area contributed by atoms with Gasteiger partial charge in [0.05, 0.1) is 36.4 Å². The summed E-state index contributed by atoms with van der Waals surface area (Å²) in [6, 6.07) is 14.7. The van der Waals surface area contributed by atoms with Crippen molar-refractivity contribution in [2.24, 2.45) is 4.99 Å². The Hall–Kier alpha value is -2.93. The average Bonchev–Trinajstić information content (AvgIpc) is 2.60. The fraction of sp³-hybridized carbons (Fsp3) is 0.286. The fourth-order valence-corrected chi connectivity index (χ4v) is 3.18. The van der Waals surface area contributed by atoms with Crippen LogP contribution in [-0.2, 0) is 6.42 Å². The molecular weight excluding hydrogens is 312 g/mol. The highest BCUT2D eigenvalue weighted by Gasteiger charge is 2.28. The molecule has 2 aromatic rings. The van der Waals surface area contributed by atoms with Gasteiger partial charge in [-0.15, -0.1) is 0 Å². The van der Waals surface area contributed by atoms with Gasteiger partial charge in [0.2, 0.25) is 0 Å². The van der Waals surface area contributed by atoms with Crippen LogP contribution in [0.15, 0.2) is 47.5 Å². The predicted octanol–water partition coefficient (Wildman–Crippen LogP) is 3.96.